The molecule has 1 fully saturated rings. The van der Waals surface area contributed by atoms with Crippen molar-refractivity contribution in [1.82, 2.24) is 4.98 Å². The number of amides is 2. The molecule has 1 aromatic heterocycles. The molecule has 2 heterocycles. The van der Waals surface area contributed by atoms with E-state index in [1.807, 2.05) is 55.5 Å². The van der Waals surface area contributed by atoms with Crippen molar-refractivity contribution in [2.24, 2.45) is 0 Å². The number of carbonyl (C=O) groups excluding carboxylic acids is 2. The lowest BCUT2D eigenvalue weighted by Gasteiger charge is -2.23. The second-order valence-corrected chi connectivity index (χ2v) is 9.37. The van der Waals surface area contributed by atoms with Crippen LogP contribution in [0.5, 0.6) is 0 Å². The van der Waals surface area contributed by atoms with Crippen molar-refractivity contribution in [2.75, 3.05) is 23.4 Å². The molecule has 0 bridgehead atoms. The first-order chi connectivity index (χ1) is 16.6. The number of para-hydroxylation sites is 1. The number of benzene rings is 3. The summed E-state index contributed by atoms with van der Waals surface area (Å²) in [5.41, 5.74) is 3.42. The Hall–Kier alpha value is -3.55. The fourth-order valence-corrected chi connectivity index (χ4v) is 5.02. The molecule has 0 radical (unpaired) electrons. The van der Waals surface area contributed by atoms with Crippen molar-refractivity contribution in [1.29, 1.82) is 0 Å². The zero-order chi connectivity index (χ0) is 23.5. The van der Waals surface area contributed by atoms with Crippen LogP contribution in [0.2, 0.25) is 0 Å². The van der Waals surface area contributed by atoms with Gasteiger partial charge in [0, 0.05) is 23.4 Å². The van der Waals surface area contributed by atoms with Crippen molar-refractivity contribution in [2.45, 2.75) is 25.9 Å². The smallest absolute Gasteiger partial charge is 0.260 e. The highest BCUT2D eigenvalue weighted by atomic mass is 32.1. The first-order valence-electron chi connectivity index (χ1n) is 11.3. The topological polar surface area (TPSA) is 71.5 Å². The van der Waals surface area contributed by atoms with E-state index in [9.17, 15) is 9.59 Å². The molecule has 0 spiro atoms. The normalized spacial score (nSPS) is 15.4. The van der Waals surface area contributed by atoms with Gasteiger partial charge in [-0.3, -0.25) is 14.5 Å². The molecular weight excluding hydrogens is 446 g/mol. The van der Waals surface area contributed by atoms with Crippen LogP contribution in [-0.2, 0) is 4.74 Å². The molecule has 4 aromatic rings. The van der Waals surface area contributed by atoms with E-state index >= 15 is 0 Å². The quantitative estimate of drug-likeness (QED) is 0.393. The molecule has 0 saturated carbocycles. The molecule has 6 nitrogen and oxygen atoms in total. The van der Waals surface area contributed by atoms with Gasteiger partial charge in [-0.15, -0.1) is 0 Å². The van der Waals surface area contributed by atoms with Crippen LogP contribution in [0.15, 0.2) is 72.8 Å². The predicted octanol–water partition coefficient (Wildman–Crippen LogP) is 5.68. The average Bonchev–Trinajstić information content (AvgIpc) is 3.53. The molecule has 1 saturated heterocycles. The zero-order valence-electron chi connectivity index (χ0n) is 18.9. The summed E-state index contributed by atoms with van der Waals surface area (Å²) in [6, 6.07) is 22.3. The van der Waals surface area contributed by atoms with Gasteiger partial charge in [-0.25, -0.2) is 4.98 Å². The number of fused-ring (bicyclic) bond motifs is 1. The number of anilines is 2. The van der Waals surface area contributed by atoms with E-state index in [2.05, 4.69) is 5.32 Å². The van der Waals surface area contributed by atoms with Gasteiger partial charge in [0.05, 0.1) is 22.9 Å². The van der Waals surface area contributed by atoms with Crippen LogP contribution in [0.1, 0.15) is 39.1 Å². The average molecular weight is 472 g/mol. The first kappa shape index (κ1) is 22.3. The highest BCUT2D eigenvalue weighted by molar-refractivity contribution is 7.22. The summed E-state index contributed by atoms with van der Waals surface area (Å²) in [5, 5.41) is 3.60. The monoisotopic (exact) mass is 471 g/mol. The second kappa shape index (κ2) is 9.75. The number of ether oxygens (including phenoxy) is 1. The molecule has 7 heteroatoms. The summed E-state index contributed by atoms with van der Waals surface area (Å²) >= 11 is 1.50. The van der Waals surface area contributed by atoms with Crippen LogP contribution in [0.25, 0.3) is 10.2 Å². The predicted molar refractivity (Wildman–Crippen MR) is 136 cm³/mol. The van der Waals surface area contributed by atoms with Crippen LogP contribution < -0.4 is 10.2 Å². The van der Waals surface area contributed by atoms with E-state index in [0.29, 0.717) is 35.1 Å². The summed E-state index contributed by atoms with van der Waals surface area (Å²) in [6.45, 7) is 3.07. The second-order valence-electron chi connectivity index (χ2n) is 8.36. The van der Waals surface area contributed by atoms with Crippen LogP contribution in [0.3, 0.4) is 0 Å². The van der Waals surface area contributed by atoms with E-state index in [4.69, 9.17) is 9.72 Å². The van der Waals surface area contributed by atoms with Gasteiger partial charge < -0.3 is 10.1 Å². The fraction of sp³-hybridized carbons (Fsp3) is 0.222. The number of thiazole rings is 1. The van der Waals surface area contributed by atoms with E-state index < -0.39 is 0 Å². The number of rotatable bonds is 6. The number of hydrogen-bond acceptors (Lipinski definition) is 5. The molecule has 0 aliphatic carbocycles. The van der Waals surface area contributed by atoms with Crippen molar-refractivity contribution in [3.63, 3.8) is 0 Å². The van der Waals surface area contributed by atoms with Gasteiger partial charge >= 0.3 is 0 Å². The molecule has 1 unspecified atom stereocenters. The van der Waals surface area contributed by atoms with E-state index in [1.165, 1.54) is 11.3 Å². The summed E-state index contributed by atoms with van der Waals surface area (Å²) < 4.78 is 6.87. The number of hydrogen-bond donors (Lipinski definition) is 1. The third-order valence-electron chi connectivity index (χ3n) is 5.94. The van der Waals surface area contributed by atoms with Gasteiger partial charge in [-0.1, -0.05) is 47.7 Å². The molecule has 5 rings (SSSR count). The van der Waals surface area contributed by atoms with Gasteiger partial charge in [0.25, 0.3) is 11.8 Å². The molecule has 34 heavy (non-hydrogen) atoms. The number of nitrogens with zero attached hydrogens (tertiary/aromatic N) is 2. The molecule has 1 aliphatic rings. The van der Waals surface area contributed by atoms with Crippen molar-refractivity contribution >= 4 is 44.2 Å². The fourth-order valence-electron chi connectivity index (χ4n) is 4.04. The number of aromatic nitrogens is 1. The Balaban J connectivity index is 1.45. The molecule has 172 valence electrons. The Kier molecular flexibility index (Phi) is 6.38. The maximum atomic E-state index is 13.8. The van der Waals surface area contributed by atoms with Crippen molar-refractivity contribution < 1.29 is 14.3 Å². The Labute approximate surface area is 202 Å². The van der Waals surface area contributed by atoms with Gasteiger partial charge in [-0.05, 0) is 61.7 Å². The zero-order valence-corrected chi connectivity index (χ0v) is 19.7. The van der Waals surface area contributed by atoms with Crippen LogP contribution in [0.4, 0.5) is 10.8 Å². The molecular formula is C27H25N3O3S. The number of nitrogens with one attached hydrogen (secondary N) is 1. The minimum Gasteiger partial charge on any atom is -0.376 e. The largest absolute Gasteiger partial charge is 0.376 e. The highest BCUT2D eigenvalue weighted by Crippen LogP contribution is 2.31. The Bertz CT molecular complexity index is 1300. The minimum atomic E-state index is -0.212. The molecule has 1 atom stereocenters. The summed E-state index contributed by atoms with van der Waals surface area (Å²) in [4.78, 5) is 32.9. The molecule has 3 aromatic carbocycles. The number of aryl methyl sites for hydroxylation is 1. The highest BCUT2D eigenvalue weighted by Gasteiger charge is 2.27. The van der Waals surface area contributed by atoms with Crippen LogP contribution in [-0.4, -0.2) is 36.1 Å². The van der Waals surface area contributed by atoms with Crippen LogP contribution >= 0.6 is 11.3 Å². The third kappa shape index (κ3) is 4.71. The maximum Gasteiger partial charge on any atom is 0.260 e. The lowest BCUT2D eigenvalue weighted by molar-refractivity contribution is 0.0917. The van der Waals surface area contributed by atoms with Gasteiger partial charge in [0.2, 0.25) is 0 Å². The van der Waals surface area contributed by atoms with Crippen molar-refractivity contribution in [3.8, 4) is 0 Å². The minimum absolute atomic E-state index is 0.0151. The molecule has 1 N–H and O–H groups in total. The number of carbonyl (C=O) groups is 2. The SMILES string of the molecule is Cc1ccc(C(=O)N(CC2CCCO2)c2nc3ccccc3s2)cc1NC(=O)c1ccccc1. The molecule has 1 aliphatic heterocycles. The van der Waals surface area contributed by atoms with E-state index in [1.54, 1.807) is 29.2 Å². The lowest BCUT2D eigenvalue weighted by atomic mass is 10.1. The summed E-state index contributed by atoms with van der Waals surface area (Å²) in [7, 11) is 0. The van der Waals surface area contributed by atoms with Crippen molar-refractivity contribution in [3.05, 3.63) is 89.5 Å². The van der Waals surface area contributed by atoms with E-state index in [0.717, 1.165) is 28.6 Å². The first-order valence-corrected chi connectivity index (χ1v) is 12.2. The third-order valence-corrected chi connectivity index (χ3v) is 7.00. The van der Waals surface area contributed by atoms with Gasteiger partial charge in [0.1, 0.15) is 0 Å². The van der Waals surface area contributed by atoms with Gasteiger partial charge in [-0.2, -0.15) is 0 Å². The molecule has 2 amide bonds. The Morgan fingerprint density at radius 1 is 1.06 bits per heavy atom. The lowest BCUT2D eigenvalue weighted by Crippen LogP contribution is -2.37. The Morgan fingerprint density at radius 3 is 2.62 bits per heavy atom. The van der Waals surface area contributed by atoms with E-state index in [-0.39, 0.29) is 17.9 Å². The van der Waals surface area contributed by atoms with Gasteiger partial charge in [0.15, 0.2) is 5.13 Å². The standard InChI is InChI=1S/C27H25N3O3S/c1-18-13-14-20(16-23(18)28-25(31)19-8-3-2-4-9-19)26(32)30(17-21-10-7-15-33-21)27-29-22-11-5-6-12-24(22)34-27/h2-6,8-9,11-14,16,21H,7,10,15,17H2,1H3,(H,28,31). The summed E-state index contributed by atoms with van der Waals surface area (Å²) in [6.07, 6.45) is 1.90. The maximum absolute atomic E-state index is 13.8. The summed E-state index contributed by atoms with van der Waals surface area (Å²) in [5.74, 6) is -0.375. The van der Waals surface area contributed by atoms with Crippen LogP contribution in [0, 0.1) is 6.92 Å². The Morgan fingerprint density at radius 2 is 1.85 bits per heavy atom.